The monoisotopic (exact) mass is 256 g/mol. The van der Waals surface area contributed by atoms with E-state index in [1.165, 1.54) is 0 Å². The van der Waals surface area contributed by atoms with Gasteiger partial charge in [0.05, 0.1) is 0 Å². The maximum Gasteiger partial charge on any atom is 0.441 e. The minimum absolute atomic E-state index is 0.0748. The van der Waals surface area contributed by atoms with Crippen LogP contribution in [0.1, 0.15) is 13.8 Å². The Morgan fingerprint density at radius 3 is 2.69 bits per heavy atom. The van der Waals surface area contributed by atoms with Crippen molar-refractivity contribution in [2.24, 2.45) is 5.92 Å². The molecule has 96 valence electrons. The third-order valence-corrected chi connectivity index (χ3v) is 3.48. The fourth-order valence-corrected chi connectivity index (χ4v) is 2.36. The number of hydrogen-bond acceptors (Lipinski definition) is 3. The summed E-state index contributed by atoms with van der Waals surface area (Å²) in [5.41, 5.74) is -4.09. The summed E-state index contributed by atoms with van der Waals surface area (Å²) in [6.07, 6.45) is 0. The van der Waals surface area contributed by atoms with Crippen molar-refractivity contribution in [2.45, 2.75) is 25.4 Å². The Balaban J connectivity index is 2.22. The SMILES string of the molecule is CC(C)C1CN(CCSC(F)(F)F)CCN1. The zero-order chi connectivity index (χ0) is 12.2. The van der Waals surface area contributed by atoms with E-state index in [4.69, 9.17) is 0 Å². The number of thioether (sulfide) groups is 1. The van der Waals surface area contributed by atoms with Gasteiger partial charge < -0.3 is 5.32 Å². The second kappa shape index (κ2) is 6.12. The summed E-state index contributed by atoms with van der Waals surface area (Å²) in [4.78, 5) is 2.11. The first-order valence-corrected chi connectivity index (χ1v) is 6.53. The van der Waals surface area contributed by atoms with Crippen LogP contribution in [0.2, 0.25) is 0 Å². The Kier molecular flexibility index (Phi) is 5.40. The smallest absolute Gasteiger partial charge is 0.311 e. The van der Waals surface area contributed by atoms with E-state index in [1.54, 1.807) is 0 Å². The lowest BCUT2D eigenvalue weighted by molar-refractivity contribution is -0.0329. The molecular weight excluding hydrogens is 237 g/mol. The highest BCUT2D eigenvalue weighted by Gasteiger charge is 2.28. The average molecular weight is 256 g/mol. The van der Waals surface area contributed by atoms with Crippen molar-refractivity contribution in [3.8, 4) is 0 Å². The van der Waals surface area contributed by atoms with Crippen LogP contribution in [0.25, 0.3) is 0 Å². The third-order valence-electron chi connectivity index (χ3n) is 2.77. The Bertz CT molecular complexity index is 209. The van der Waals surface area contributed by atoms with Crippen molar-refractivity contribution < 1.29 is 13.2 Å². The van der Waals surface area contributed by atoms with E-state index in [2.05, 4.69) is 24.1 Å². The molecule has 1 aliphatic heterocycles. The molecule has 0 amide bonds. The van der Waals surface area contributed by atoms with Crippen LogP contribution >= 0.6 is 11.8 Å². The van der Waals surface area contributed by atoms with Gasteiger partial charge in [-0.1, -0.05) is 13.8 Å². The largest absolute Gasteiger partial charge is 0.441 e. The Morgan fingerprint density at radius 1 is 1.44 bits per heavy atom. The van der Waals surface area contributed by atoms with Gasteiger partial charge in [0.25, 0.3) is 0 Å². The third kappa shape index (κ3) is 5.41. The van der Waals surface area contributed by atoms with Crippen LogP contribution in [0, 0.1) is 5.92 Å². The van der Waals surface area contributed by atoms with E-state index < -0.39 is 5.51 Å². The first-order chi connectivity index (χ1) is 7.38. The van der Waals surface area contributed by atoms with Gasteiger partial charge in [-0.2, -0.15) is 13.2 Å². The summed E-state index contributed by atoms with van der Waals surface area (Å²) < 4.78 is 35.8. The highest BCUT2D eigenvalue weighted by molar-refractivity contribution is 8.00. The number of nitrogens with one attached hydrogen (secondary N) is 1. The number of hydrogen-bond donors (Lipinski definition) is 1. The van der Waals surface area contributed by atoms with Crippen molar-refractivity contribution in [1.29, 1.82) is 0 Å². The molecule has 1 saturated heterocycles. The maximum atomic E-state index is 11.9. The highest BCUT2D eigenvalue weighted by atomic mass is 32.2. The first-order valence-electron chi connectivity index (χ1n) is 5.55. The van der Waals surface area contributed by atoms with Crippen molar-refractivity contribution in [1.82, 2.24) is 10.2 Å². The highest BCUT2D eigenvalue weighted by Crippen LogP contribution is 2.29. The average Bonchev–Trinajstić information content (AvgIpc) is 2.16. The molecule has 1 unspecified atom stereocenters. The quantitative estimate of drug-likeness (QED) is 0.830. The zero-order valence-electron chi connectivity index (χ0n) is 9.68. The number of halogens is 3. The maximum absolute atomic E-state index is 11.9. The van der Waals surface area contributed by atoms with Gasteiger partial charge in [0, 0.05) is 38.0 Å². The molecule has 6 heteroatoms. The van der Waals surface area contributed by atoms with E-state index in [9.17, 15) is 13.2 Å². The van der Waals surface area contributed by atoms with E-state index in [-0.39, 0.29) is 17.5 Å². The molecule has 0 spiro atoms. The second-order valence-electron chi connectivity index (χ2n) is 4.40. The molecule has 0 aromatic carbocycles. The van der Waals surface area contributed by atoms with Gasteiger partial charge in [-0.15, -0.1) is 0 Å². The Morgan fingerprint density at radius 2 is 2.12 bits per heavy atom. The predicted molar refractivity (Wildman–Crippen MR) is 61.6 cm³/mol. The molecule has 16 heavy (non-hydrogen) atoms. The number of rotatable bonds is 4. The fourth-order valence-electron chi connectivity index (χ4n) is 1.78. The van der Waals surface area contributed by atoms with Gasteiger partial charge in [0.15, 0.2) is 0 Å². The molecule has 1 atom stereocenters. The van der Waals surface area contributed by atoms with Crippen LogP contribution in [0.15, 0.2) is 0 Å². The van der Waals surface area contributed by atoms with Crippen LogP contribution in [-0.4, -0.2) is 48.4 Å². The standard InChI is InChI=1S/C10H19F3N2S/c1-8(2)9-7-15(4-3-14-9)5-6-16-10(11,12)13/h8-9,14H,3-7H2,1-2H3. The first kappa shape index (κ1) is 14.1. The molecule has 0 radical (unpaired) electrons. The van der Waals surface area contributed by atoms with Crippen molar-refractivity contribution in [3.05, 3.63) is 0 Å². The fraction of sp³-hybridized carbons (Fsp3) is 1.00. The molecule has 0 aliphatic carbocycles. The van der Waals surface area contributed by atoms with E-state index in [0.29, 0.717) is 18.5 Å². The lowest BCUT2D eigenvalue weighted by Gasteiger charge is -2.35. The van der Waals surface area contributed by atoms with Gasteiger partial charge in [-0.25, -0.2) is 0 Å². The van der Waals surface area contributed by atoms with Crippen molar-refractivity contribution >= 4 is 11.8 Å². The summed E-state index contributed by atoms with van der Waals surface area (Å²) in [7, 11) is 0. The van der Waals surface area contributed by atoms with Gasteiger partial charge in [-0.3, -0.25) is 4.90 Å². The molecule has 1 aliphatic rings. The molecular formula is C10H19F3N2S. The summed E-state index contributed by atoms with van der Waals surface area (Å²) in [5, 5.41) is 3.38. The molecule has 0 aromatic heterocycles. The van der Waals surface area contributed by atoms with Crippen molar-refractivity contribution in [2.75, 3.05) is 31.9 Å². The van der Waals surface area contributed by atoms with Crippen LogP contribution < -0.4 is 5.32 Å². The number of piperazine rings is 1. The summed E-state index contributed by atoms with van der Waals surface area (Å²) in [6, 6.07) is 0.407. The van der Waals surface area contributed by atoms with Crippen LogP contribution in [-0.2, 0) is 0 Å². The molecule has 1 fully saturated rings. The molecule has 0 saturated carbocycles. The number of nitrogens with zero attached hydrogens (tertiary/aromatic N) is 1. The topological polar surface area (TPSA) is 15.3 Å². The number of alkyl halides is 3. The zero-order valence-corrected chi connectivity index (χ0v) is 10.5. The van der Waals surface area contributed by atoms with Gasteiger partial charge >= 0.3 is 5.51 Å². The Labute approximate surface area is 98.9 Å². The minimum Gasteiger partial charge on any atom is -0.311 e. The molecule has 1 heterocycles. The van der Waals surface area contributed by atoms with Crippen LogP contribution in [0.3, 0.4) is 0 Å². The molecule has 1 N–H and O–H groups in total. The van der Waals surface area contributed by atoms with Crippen LogP contribution in [0.5, 0.6) is 0 Å². The molecule has 0 bridgehead atoms. The summed E-state index contributed by atoms with van der Waals surface area (Å²) >= 11 is 0.0748. The molecule has 1 rings (SSSR count). The second-order valence-corrected chi connectivity index (χ2v) is 5.56. The Hall–Kier alpha value is 0.0600. The normalized spacial score (nSPS) is 24.0. The van der Waals surface area contributed by atoms with Gasteiger partial charge in [-0.05, 0) is 17.7 Å². The molecule has 2 nitrogen and oxygen atoms in total. The van der Waals surface area contributed by atoms with Crippen molar-refractivity contribution in [3.63, 3.8) is 0 Å². The van der Waals surface area contributed by atoms with E-state index in [1.807, 2.05) is 0 Å². The lowest BCUT2D eigenvalue weighted by Crippen LogP contribution is -2.53. The van der Waals surface area contributed by atoms with Crippen LogP contribution in [0.4, 0.5) is 13.2 Å². The summed E-state index contributed by atoms with van der Waals surface area (Å²) in [5.74, 6) is 0.659. The molecule has 0 aromatic rings. The predicted octanol–water partition coefficient (Wildman–Crippen LogP) is 2.17. The van der Waals surface area contributed by atoms with Gasteiger partial charge in [0.2, 0.25) is 0 Å². The van der Waals surface area contributed by atoms with E-state index >= 15 is 0 Å². The van der Waals surface area contributed by atoms with Gasteiger partial charge in [0.1, 0.15) is 0 Å². The lowest BCUT2D eigenvalue weighted by atomic mass is 10.0. The summed E-state index contributed by atoms with van der Waals surface area (Å²) in [6.45, 7) is 7.36. The van der Waals surface area contributed by atoms with E-state index in [0.717, 1.165) is 19.6 Å². The minimum atomic E-state index is -4.09.